The van der Waals surface area contributed by atoms with Crippen molar-refractivity contribution >= 4 is 27.4 Å². The summed E-state index contributed by atoms with van der Waals surface area (Å²) in [7, 11) is 0. The Hall–Kier alpha value is -1.20. The van der Waals surface area contributed by atoms with Crippen LogP contribution in [0.4, 0.5) is 5.82 Å². The van der Waals surface area contributed by atoms with Gasteiger partial charge in [0.15, 0.2) is 0 Å². The van der Waals surface area contributed by atoms with E-state index in [4.69, 9.17) is 0 Å². The third-order valence-corrected chi connectivity index (χ3v) is 3.29. The van der Waals surface area contributed by atoms with Gasteiger partial charge in [-0.1, -0.05) is 0 Å². The first kappa shape index (κ1) is 8.14. The Morgan fingerprint density at radius 3 is 3.07 bits per heavy atom. The molecule has 0 amide bonds. The fourth-order valence-corrected chi connectivity index (χ4v) is 2.49. The van der Waals surface area contributed by atoms with Crippen molar-refractivity contribution < 1.29 is 5.11 Å². The van der Waals surface area contributed by atoms with Gasteiger partial charge in [-0.15, -0.1) is 11.3 Å². The first-order valence-corrected chi connectivity index (χ1v) is 5.34. The van der Waals surface area contributed by atoms with Crippen molar-refractivity contribution in [1.29, 1.82) is 0 Å². The highest BCUT2D eigenvalue weighted by molar-refractivity contribution is 7.17. The highest BCUT2D eigenvalue weighted by Gasteiger charge is 2.27. The summed E-state index contributed by atoms with van der Waals surface area (Å²) in [6.45, 7) is 1.37. The number of β-amino-alcohol motifs (C(OH)–C–C–N with tert-alkyl or cyclic N) is 1. The summed E-state index contributed by atoms with van der Waals surface area (Å²) in [4.78, 5) is 10.5. The predicted octanol–water partition coefficient (Wildman–Crippen LogP) is 0.872. The van der Waals surface area contributed by atoms with E-state index < -0.39 is 0 Å². The van der Waals surface area contributed by atoms with Crippen molar-refractivity contribution in [2.45, 2.75) is 6.10 Å². The van der Waals surface area contributed by atoms with Gasteiger partial charge in [0, 0.05) is 13.1 Å². The summed E-state index contributed by atoms with van der Waals surface area (Å²) in [6, 6.07) is 1.99. The molecule has 1 saturated heterocycles. The van der Waals surface area contributed by atoms with Crippen LogP contribution in [0.5, 0.6) is 0 Å². The third kappa shape index (κ3) is 1.09. The lowest BCUT2D eigenvalue weighted by Gasteiger charge is -2.36. The summed E-state index contributed by atoms with van der Waals surface area (Å²) in [5.74, 6) is 0.954. The molecule has 0 unspecified atom stereocenters. The van der Waals surface area contributed by atoms with Gasteiger partial charge >= 0.3 is 0 Å². The van der Waals surface area contributed by atoms with Crippen molar-refractivity contribution in [2.24, 2.45) is 0 Å². The molecule has 0 atom stereocenters. The van der Waals surface area contributed by atoms with E-state index in [9.17, 15) is 5.11 Å². The van der Waals surface area contributed by atoms with Crippen LogP contribution < -0.4 is 4.90 Å². The van der Waals surface area contributed by atoms with Crippen LogP contribution in [-0.4, -0.2) is 34.3 Å². The second-order valence-corrected chi connectivity index (χ2v) is 4.31. The lowest BCUT2D eigenvalue weighted by molar-refractivity contribution is 0.141. The van der Waals surface area contributed by atoms with Crippen LogP contribution in [0.25, 0.3) is 10.2 Å². The summed E-state index contributed by atoms with van der Waals surface area (Å²) in [6.07, 6.45) is 1.38. The van der Waals surface area contributed by atoms with Gasteiger partial charge in [-0.05, 0) is 11.4 Å². The Morgan fingerprint density at radius 2 is 2.29 bits per heavy atom. The van der Waals surface area contributed by atoms with Crippen molar-refractivity contribution in [1.82, 2.24) is 9.97 Å². The van der Waals surface area contributed by atoms with E-state index >= 15 is 0 Å². The highest BCUT2D eigenvalue weighted by Crippen LogP contribution is 2.30. The van der Waals surface area contributed by atoms with Gasteiger partial charge in [-0.2, -0.15) is 0 Å². The maximum absolute atomic E-state index is 9.22. The van der Waals surface area contributed by atoms with Gasteiger partial charge in [0.1, 0.15) is 12.1 Å². The Kier molecular flexibility index (Phi) is 1.68. The van der Waals surface area contributed by atoms with E-state index in [0.717, 1.165) is 16.0 Å². The number of fused-ring (bicyclic) bond motifs is 1. The molecule has 2 aromatic rings. The van der Waals surface area contributed by atoms with Gasteiger partial charge in [-0.3, -0.25) is 0 Å². The van der Waals surface area contributed by atoms with E-state index in [1.807, 2.05) is 11.4 Å². The average Bonchev–Trinajstić information content (AvgIpc) is 2.60. The first-order chi connectivity index (χ1) is 6.84. The summed E-state index contributed by atoms with van der Waals surface area (Å²) in [5.41, 5.74) is 0.987. The van der Waals surface area contributed by atoms with Crippen LogP contribution in [0.2, 0.25) is 0 Å². The second kappa shape index (κ2) is 2.90. The largest absolute Gasteiger partial charge is 0.389 e. The number of nitrogens with zero attached hydrogens (tertiary/aromatic N) is 3. The first-order valence-electron chi connectivity index (χ1n) is 4.46. The third-order valence-electron chi connectivity index (χ3n) is 2.39. The molecule has 3 rings (SSSR count). The van der Waals surface area contributed by atoms with Crippen molar-refractivity contribution in [3.63, 3.8) is 0 Å². The van der Waals surface area contributed by atoms with Gasteiger partial charge < -0.3 is 10.0 Å². The van der Waals surface area contributed by atoms with E-state index in [-0.39, 0.29) is 6.10 Å². The Balaban J connectivity index is 2.07. The molecule has 1 aliphatic heterocycles. The number of hydrogen-bond donors (Lipinski definition) is 1. The number of anilines is 1. The summed E-state index contributed by atoms with van der Waals surface area (Å²) in [5, 5.41) is 11.2. The zero-order chi connectivity index (χ0) is 9.54. The minimum Gasteiger partial charge on any atom is -0.389 e. The van der Waals surface area contributed by atoms with Crippen molar-refractivity contribution in [3.8, 4) is 0 Å². The number of hydrogen-bond acceptors (Lipinski definition) is 5. The number of rotatable bonds is 1. The lowest BCUT2D eigenvalue weighted by atomic mass is 10.2. The molecule has 1 N–H and O–H groups in total. The molecule has 72 valence electrons. The van der Waals surface area contributed by atoms with Crippen LogP contribution in [0.3, 0.4) is 0 Å². The van der Waals surface area contributed by atoms with Crippen LogP contribution in [-0.2, 0) is 0 Å². The number of aliphatic hydroxyl groups is 1. The monoisotopic (exact) mass is 207 g/mol. The number of aromatic nitrogens is 2. The molecule has 0 spiro atoms. The fourth-order valence-electron chi connectivity index (χ4n) is 1.63. The van der Waals surface area contributed by atoms with Gasteiger partial charge in [0.2, 0.25) is 0 Å². The zero-order valence-electron chi connectivity index (χ0n) is 7.42. The van der Waals surface area contributed by atoms with Gasteiger partial charge in [0.05, 0.1) is 16.3 Å². The van der Waals surface area contributed by atoms with Crippen LogP contribution in [0.1, 0.15) is 0 Å². The SMILES string of the molecule is OC1CN(c2ncnc3ccsc23)C1. The normalized spacial score (nSPS) is 17.4. The molecule has 1 aliphatic rings. The molecule has 1 fully saturated rings. The minimum atomic E-state index is -0.194. The molecular formula is C9H9N3OS. The molecule has 0 bridgehead atoms. The zero-order valence-corrected chi connectivity index (χ0v) is 8.24. The lowest BCUT2D eigenvalue weighted by Crippen LogP contribution is -2.51. The Labute approximate surface area is 84.8 Å². The second-order valence-electron chi connectivity index (χ2n) is 3.39. The van der Waals surface area contributed by atoms with Crippen LogP contribution in [0.15, 0.2) is 17.8 Å². The molecular weight excluding hydrogens is 198 g/mol. The van der Waals surface area contributed by atoms with E-state index in [2.05, 4.69) is 14.9 Å². The minimum absolute atomic E-state index is 0.194. The van der Waals surface area contributed by atoms with E-state index in [0.29, 0.717) is 13.1 Å². The average molecular weight is 207 g/mol. The molecule has 5 heteroatoms. The van der Waals surface area contributed by atoms with Crippen molar-refractivity contribution in [3.05, 3.63) is 17.8 Å². The molecule has 14 heavy (non-hydrogen) atoms. The van der Waals surface area contributed by atoms with Crippen molar-refractivity contribution in [2.75, 3.05) is 18.0 Å². The van der Waals surface area contributed by atoms with Crippen LogP contribution >= 0.6 is 11.3 Å². The molecule has 4 nitrogen and oxygen atoms in total. The standard InChI is InChI=1S/C9H9N3OS/c13-6-3-12(4-6)9-8-7(1-2-14-8)10-5-11-9/h1-2,5-6,13H,3-4H2. The molecule has 2 aromatic heterocycles. The molecule has 0 radical (unpaired) electrons. The molecule has 0 saturated carbocycles. The topological polar surface area (TPSA) is 49.2 Å². The Morgan fingerprint density at radius 1 is 1.43 bits per heavy atom. The quantitative estimate of drug-likeness (QED) is 0.754. The predicted molar refractivity (Wildman–Crippen MR) is 55.6 cm³/mol. The highest BCUT2D eigenvalue weighted by atomic mass is 32.1. The number of thiophene rings is 1. The molecule has 0 aliphatic carbocycles. The molecule has 3 heterocycles. The Bertz CT molecular complexity index is 464. The summed E-state index contributed by atoms with van der Waals surface area (Å²) >= 11 is 1.64. The van der Waals surface area contributed by atoms with Crippen LogP contribution in [0, 0.1) is 0 Å². The summed E-state index contributed by atoms with van der Waals surface area (Å²) < 4.78 is 1.11. The maximum Gasteiger partial charge on any atom is 0.150 e. The van der Waals surface area contributed by atoms with E-state index in [1.165, 1.54) is 0 Å². The van der Waals surface area contributed by atoms with Gasteiger partial charge in [0.25, 0.3) is 0 Å². The fraction of sp³-hybridized carbons (Fsp3) is 0.333. The molecule has 0 aromatic carbocycles. The maximum atomic E-state index is 9.22. The smallest absolute Gasteiger partial charge is 0.150 e. The number of aliphatic hydroxyl groups excluding tert-OH is 1. The van der Waals surface area contributed by atoms with E-state index in [1.54, 1.807) is 17.7 Å². The van der Waals surface area contributed by atoms with Gasteiger partial charge in [-0.25, -0.2) is 9.97 Å².